The van der Waals surface area contributed by atoms with E-state index in [1.54, 1.807) is 11.0 Å². The fraction of sp³-hybridized carbons (Fsp3) is 0.182. The number of halogens is 1. The van der Waals surface area contributed by atoms with Gasteiger partial charge in [0.2, 0.25) is 10.3 Å². The first kappa shape index (κ1) is 21.0. The summed E-state index contributed by atoms with van der Waals surface area (Å²) in [5, 5.41) is 18.9. The molecular weight excluding hydrogens is 462 g/mol. The van der Waals surface area contributed by atoms with Crippen LogP contribution in [0.1, 0.15) is 29.9 Å². The molecule has 0 aliphatic rings. The summed E-state index contributed by atoms with van der Waals surface area (Å²) >= 11 is 9.62. The molecule has 1 atom stereocenters. The zero-order chi connectivity index (χ0) is 21.9. The molecular formula is C22H20ClN7S2. The van der Waals surface area contributed by atoms with Crippen molar-refractivity contribution in [3.63, 3.8) is 0 Å². The number of nitrogens with zero attached hydrogens (tertiary/aromatic N) is 7. The third kappa shape index (κ3) is 4.24. The van der Waals surface area contributed by atoms with Crippen LogP contribution in [0.25, 0.3) is 10.3 Å². The molecule has 0 aliphatic heterocycles. The fourth-order valence-corrected chi connectivity index (χ4v) is 5.21. The summed E-state index contributed by atoms with van der Waals surface area (Å²) in [5.74, 6) is 0. The lowest BCUT2D eigenvalue weighted by atomic mass is 10.1. The minimum atomic E-state index is 0.0826. The van der Waals surface area contributed by atoms with Crippen molar-refractivity contribution in [3.05, 3.63) is 93.9 Å². The first-order valence-corrected chi connectivity index (χ1v) is 12.2. The van der Waals surface area contributed by atoms with Crippen LogP contribution in [0.2, 0.25) is 5.02 Å². The Hall–Kier alpha value is -2.85. The SMILES string of the molecule is C[C@@H](c1ccccc1Cl)N(Cc1cccn1-c1nncs1)Cc1cccn1-c1nncs1. The van der Waals surface area contributed by atoms with Crippen molar-refractivity contribution in [2.45, 2.75) is 26.1 Å². The Morgan fingerprint density at radius 3 is 1.91 bits per heavy atom. The molecule has 5 rings (SSSR count). The van der Waals surface area contributed by atoms with Crippen LogP contribution in [0.4, 0.5) is 0 Å². The highest BCUT2D eigenvalue weighted by molar-refractivity contribution is 7.12. The van der Waals surface area contributed by atoms with Gasteiger partial charge in [0, 0.05) is 47.9 Å². The maximum absolute atomic E-state index is 6.58. The Labute approximate surface area is 198 Å². The van der Waals surface area contributed by atoms with E-state index in [1.165, 1.54) is 22.7 Å². The number of hydrogen-bond donors (Lipinski definition) is 0. The first-order valence-electron chi connectivity index (χ1n) is 10.0. The Kier molecular flexibility index (Phi) is 6.13. The molecule has 32 heavy (non-hydrogen) atoms. The number of aromatic nitrogens is 6. The van der Waals surface area contributed by atoms with Gasteiger partial charge in [-0.05, 0) is 42.8 Å². The van der Waals surface area contributed by atoms with Gasteiger partial charge in [0.05, 0.1) is 0 Å². The Bertz CT molecular complexity index is 1200. The first-order chi connectivity index (χ1) is 15.7. The number of benzene rings is 1. The second-order valence-electron chi connectivity index (χ2n) is 7.28. The fourth-order valence-electron chi connectivity index (χ4n) is 3.76. The molecule has 0 aliphatic carbocycles. The quantitative estimate of drug-likeness (QED) is 0.297. The largest absolute Gasteiger partial charge is 0.294 e. The minimum Gasteiger partial charge on any atom is -0.294 e. The molecule has 0 bridgehead atoms. The van der Waals surface area contributed by atoms with Crippen LogP contribution < -0.4 is 0 Å². The van der Waals surface area contributed by atoms with Gasteiger partial charge in [-0.25, -0.2) is 0 Å². The van der Waals surface area contributed by atoms with Crippen molar-refractivity contribution in [1.82, 2.24) is 34.4 Å². The lowest BCUT2D eigenvalue weighted by Gasteiger charge is -2.30. The predicted molar refractivity (Wildman–Crippen MR) is 128 cm³/mol. The van der Waals surface area contributed by atoms with E-state index < -0.39 is 0 Å². The Balaban J connectivity index is 1.50. The smallest absolute Gasteiger partial charge is 0.216 e. The average Bonchev–Trinajstić information content (AvgIpc) is 3.60. The number of hydrogen-bond acceptors (Lipinski definition) is 7. The van der Waals surface area contributed by atoms with Crippen molar-refractivity contribution in [3.8, 4) is 10.3 Å². The molecule has 162 valence electrons. The third-order valence-electron chi connectivity index (χ3n) is 5.41. The highest BCUT2D eigenvalue weighted by Crippen LogP contribution is 2.31. The van der Waals surface area contributed by atoms with Gasteiger partial charge in [-0.1, -0.05) is 52.5 Å². The molecule has 0 unspecified atom stereocenters. The minimum absolute atomic E-state index is 0.0826. The van der Waals surface area contributed by atoms with Gasteiger partial charge in [-0.15, -0.1) is 20.4 Å². The molecule has 0 N–H and O–H groups in total. The van der Waals surface area contributed by atoms with Gasteiger partial charge >= 0.3 is 0 Å². The summed E-state index contributed by atoms with van der Waals surface area (Å²) < 4.78 is 4.18. The van der Waals surface area contributed by atoms with E-state index in [9.17, 15) is 0 Å². The van der Waals surface area contributed by atoms with E-state index in [4.69, 9.17) is 11.6 Å². The summed E-state index contributed by atoms with van der Waals surface area (Å²) in [6.45, 7) is 3.61. The second-order valence-corrected chi connectivity index (χ2v) is 9.31. The standard InChI is InChI=1S/C22H20ClN7S2/c1-16(19-8-2-3-9-20(19)23)28(12-17-6-4-10-29(17)21-26-24-14-31-21)13-18-7-5-11-30(18)22-27-25-15-32-22/h2-11,14-16H,12-13H2,1H3/t16-/m0/s1. The topological polar surface area (TPSA) is 64.7 Å². The lowest BCUT2D eigenvalue weighted by molar-refractivity contribution is 0.185. The van der Waals surface area contributed by atoms with Crippen molar-refractivity contribution >= 4 is 34.3 Å². The number of rotatable bonds is 8. The summed E-state index contributed by atoms with van der Waals surface area (Å²) in [4.78, 5) is 2.40. The van der Waals surface area contributed by atoms with Crippen LogP contribution in [0, 0.1) is 0 Å². The summed E-state index contributed by atoms with van der Waals surface area (Å²) in [6, 6.07) is 16.4. The molecule has 0 fully saturated rings. The van der Waals surface area contributed by atoms with Crippen LogP contribution in [0.5, 0.6) is 0 Å². The molecule has 1 aromatic carbocycles. The van der Waals surface area contributed by atoms with Gasteiger partial charge < -0.3 is 0 Å². The molecule has 0 saturated carbocycles. The van der Waals surface area contributed by atoms with Crippen LogP contribution in [-0.2, 0) is 13.1 Å². The highest BCUT2D eigenvalue weighted by Gasteiger charge is 2.22. The summed E-state index contributed by atoms with van der Waals surface area (Å²) in [7, 11) is 0. The maximum Gasteiger partial charge on any atom is 0.216 e. The van der Waals surface area contributed by atoms with Gasteiger partial charge in [0.25, 0.3) is 0 Å². The third-order valence-corrected chi connectivity index (χ3v) is 7.13. The molecule has 0 amide bonds. The Morgan fingerprint density at radius 2 is 1.41 bits per heavy atom. The zero-order valence-corrected chi connectivity index (χ0v) is 19.6. The molecule has 4 aromatic heterocycles. The van der Waals surface area contributed by atoms with Crippen molar-refractivity contribution in [1.29, 1.82) is 0 Å². The molecule has 5 aromatic rings. The van der Waals surface area contributed by atoms with Crippen molar-refractivity contribution < 1.29 is 0 Å². The van der Waals surface area contributed by atoms with E-state index >= 15 is 0 Å². The van der Waals surface area contributed by atoms with Crippen LogP contribution in [-0.4, -0.2) is 34.4 Å². The second kappa shape index (κ2) is 9.33. The molecule has 0 spiro atoms. The van der Waals surface area contributed by atoms with Gasteiger partial charge in [-0.2, -0.15) is 0 Å². The lowest BCUT2D eigenvalue weighted by Crippen LogP contribution is -2.28. The molecule has 0 radical (unpaired) electrons. The molecule has 7 nitrogen and oxygen atoms in total. The van der Waals surface area contributed by atoms with Crippen LogP contribution in [0.15, 0.2) is 71.9 Å². The van der Waals surface area contributed by atoms with E-state index in [0.29, 0.717) is 13.1 Å². The van der Waals surface area contributed by atoms with Crippen molar-refractivity contribution in [2.75, 3.05) is 0 Å². The average molecular weight is 482 g/mol. The zero-order valence-electron chi connectivity index (χ0n) is 17.2. The molecule has 4 heterocycles. The summed E-state index contributed by atoms with van der Waals surface area (Å²) in [5.41, 5.74) is 6.86. The van der Waals surface area contributed by atoms with E-state index in [2.05, 4.69) is 59.6 Å². The van der Waals surface area contributed by atoms with Crippen LogP contribution >= 0.6 is 34.3 Å². The molecule has 10 heteroatoms. The summed E-state index contributed by atoms with van der Waals surface area (Å²) in [6.07, 6.45) is 4.05. The monoisotopic (exact) mass is 481 g/mol. The van der Waals surface area contributed by atoms with Crippen molar-refractivity contribution in [2.24, 2.45) is 0 Å². The Morgan fingerprint density at radius 1 is 0.844 bits per heavy atom. The normalized spacial score (nSPS) is 12.5. The van der Waals surface area contributed by atoms with E-state index in [0.717, 1.165) is 32.2 Å². The van der Waals surface area contributed by atoms with Gasteiger partial charge in [0.1, 0.15) is 11.0 Å². The molecule has 0 saturated heterocycles. The van der Waals surface area contributed by atoms with E-state index in [1.807, 2.05) is 42.7 Å². The predicted octanol–water partition coefficient (Wildman–Crippen LogP) is 5.39. The van der Waals surface area contributed by atoms with Gasteiger partial charge in [-0.3, -0.25) is 14.0 Å². The van der Waals surface area contributed by atoms with Gasteiger partial charge in [0.15, 0.2) is 0 Å². The maximum atomic E-state index is 6.58. The van der Waals surface area contributed by atoms with E-state index in [-0.39, 0.29) is 6.04 Å². The van der Waals surface area contributed by atoms with Crippen LogP contribution in [0.3, 0.4) is 0 Å². The highest BCUT2D eigenvalue weighted by atomic mass is 35.5.